The smallest absolute Gasteiger partial charge is 0.0422 e. The van der Waals surface area contributed by atoms with Crippen molar-refractivity contribution >= 4 is 33.0 Å². The number of hydrogen-bond donors (Lipinski definition) is 1. The van der Waals surface area contributed by atoms with Gasteiger partial charge in [0.25, 0.3) is 0 Å². The molecule has 0 aliphatic rings. The lowest BCUT2D eigenvalue weighted by atomic mass is 9.86. The van der Waals surface area contributed by atoms with Gasteiger partial charge in [0, 0.05) is 15.3 Å². The van der Waals surface area contributed by atoms with Crippen molar-refractivity contribution in [1.29, 1.82) is 0 Å². The van der Waals surface area contributed by atoms with Crippen LogP contribution in [0.25, 0.3) is 10.1 Å². The molecule has 102 valence electrons. The van der Waals surface area contributed by atoms with E-state index in [-0.39, 0.29) is 0 Å². The molecule has 2 aromatic carbocycles. The summed E-state index contributed by atoms with van der Waals surface area (Å²) >= 11 is 7.85. The normalized spacial score (nSPS) is 14.3. The van der Waals surface area contributed by atoms with E-state index in [2.05, 4.69) is 36.6 Å². The summed E-state index contributed by atoms with van der Waals surface area (Å²) < 4.78 is 1.31. The van der Waals surface area contributed by atoms with E-state index in [9.17, 15) is 0 Å². The molecular formula is C17H16ClNS. The molecule has 1 nitrogen and oxygen atoms in total. The highest BCUT2D eigenvalue weighted by atomic mass is 35.5. The minimum absolute atomic E-state index is 0.422. The Balaban J connectivity index is 1.97. The average molecular weight is 302 g/mol. The maximum atomic E-state index is 6.54. The molecular weight excluding hydrogens is 286 g/mol. The van der Waals surface area contributed by atoms with E-state index in [1.807, 2.05) is 24.3 Å². The van der Waals surface area contributed by atoms with Gasteiger partial charge in [-0.1, -0.05) is 41.9 Å². The summed E-state index contributed by atoms with van der Waals surface area (Å²) in [5, 5.41) is 4.24. The van der Waals surface area contributed by atoms with Crippen LogP contribution in [0.2, 0.25) is 5.02 Å². The third-order valence-electron chi connectivity index (χ3n) is 3.60. The number of fused-ring (bicyclic) bond motifs is 1. The number of hydrogen-bond acceptors (Lipinski definition) is 2. The molecule has 0 radical (unpaired) electrons. The maximum absolute atomic E-state index is 6.54. The third kappa shape index (κ3) is 2.59. The van der Waals surface area contributed by atoms with Gasteiger partial charge in [0.15, 0.2) is 0 Å². The Morgan fingerprint density at radius 2 is 1.95 bits per heavy atom. The number of thiophene rings is 1. The molecule has 0 amide bonds. The fourth-order valence-electron chi connectivity index (χ4n) is 2.51. The summed E-state index contributed by atoms with van der Waals surface area (Å²) in [6.45, 7) is 2.06. The maximum Gasteiger partial charge on any atom is 0.0422 e. The summed E-state index contributed by atoms with van der Waals surface area (Å²) in [5.74, 6) is 0. The zero-order chi connectivity index (χ0) is 14.2. The number of benzene rings is 2. The molecule has 1 atom stereocenters. The second kappa shape index (κ2) is 5.21. The van der Waals surface area contributed by atoms with E-state index in [1.165, 1.54) is 15.6 Å². The first-order chi connectivity index (χ1) is 9.56. The van der Waals surface area contributed by atoms with Crippen molar-refractivity contribution in [2.75, 3.05) is 0 Å². The Hall–Kier alpha value is -1.35. The molecule has 0 aliphatic carbocycles. The SMILES string of the molecule is CC(N)(Cc1csc2ccccc12)c1cccc(Cl)c1. The van der Waals surface area contributed by atoms with Crippen molar-refractivity contribution in [3.63, 3.8) is 0 Å². The molecule has 0 bridgehead atoms. The first-order valence-electron chi connectivity index (χ1n) is 6.56. The predicted octanol–water partition coefficient (Wildman–Crippen LogP) is 4.97. The van der Waals surface area contributed by atoms with E-state index >= 15 is 0 Å². The molecule has 1 aromatic heterocycles. The quantitative estimate of drug-likeness (QED) is 0.726. The highest BCUT2D eigenvalue weighted by Crippen LogP contribution is 2.31. The molecule has 20 heavy (non-hydrogen) atoms. The van der Waals surface area contributed by atoms with Gasteiger partial charge in [0.05, 0.1) is 0 Å². The van der Waals surface area contributed by atoms with Crippen molar-refractivity contribution in [3.05, 3.63) is 70.1 Å². The van der Waals surface area contributed by atoms with Crippen LogP contribution in [-0.4, -0.2) is 0 Å². The molecule has 2 N–H and O–H groups in total. The third-order valence-corrected chi connectivity index (χ3v) is 4.85. The standard InChI is InChI=1S/C17H16ClNS/c1-17(19,13-5-4-6-14(18)9-13)10-12-11-20-16-8-3-2-7-15(12)16/h2-9,11H,10,19H2,1H3. The van der Waals surface area contributed by atoms with Crippen molar-refractivity contribution in [1.82, 2.24) is 0 Å². The van der Waals surface area contributed by atoms with Crippen molar-refractivity contribution in [3.8, 4) is 0 Å². The van der Waals surface area contributed by atoms with Crippen LogP contribution >= 0.6 is 22.9 Å². The second-order valence-electron chi connectivity index (χ2n) is 5.36. The van der Waals surface area contributed by atoms with Crippen LogP contribution in [0.4, 0.5) is 0 Å². The fraction of sp³-hybridized carbons (Fsp3) is 0.176. The van der Waals surface area contributed by atoms with Crippen molar-refractivity contribution in [2.24, 2.45) is 5.73 Å². The van der Waals surface area contributed by atoms with Gasteiger partial charge in [0.1, 0.15) is 0 Å². The molecule has 0 aliphatic heterocycles. The van der Waals surface area contributed by atoms with E-state index in [0.717, 1.165) is 17.0 Å². The van der Waals surface area contributed by atoms with Crippen LogP contribution in [0.3, 0.4) is 0 Å². The lowest BCUT2D eigenvalue weighted by molar-refractivity contribution is 0.493. The lowest BCUT2D eigenvalue weighted by Gasteiger charge is -2.25. The summed E-state index contributed by atoms with van der Waals surface area (Å²) in [5.41, 5.74) is 8.48. The first-order valence-corrected chi connectivity index (χ1v) is 7.82. The van der Waals surface area contributed by atoms with E-state index < -0.39 is 5.54 Å². The van der Waals surface area contributed by atoms with Gasteiger partial charge >= 0.3 is 0 Å². The zero-order valence-corrected chi connectivity index (χ0v) is 12.8. The predicted molar refractivity (Wildman–Crippen MR) is 88.5 cm³/mol. The van der Waals surface area contributed by atoms with Crippen molar-refractivity contribution < 1.29 is 0 Å². The average Bonchev–Trinajstić information content (AvgIpc) is 2.82. The number of nitrogens with two attached hydrogens (primary N) is 1. The highest BCUT2D eigenvalue weighted by molar-refractivity contribution is 7.17. The topological polar surface area (TPSA) is 26.0 Å². The van der Waals surface area contributed by atoms with Gasteiger partial charge in [-0.25, -0.2) is 0 Å². The Morgan fingerprint density at radius 3 is 2.75 bits per heavy atom. The van der Waals surface area contributed by atoms with Crippen LogP contribution < -0.4 is 5.73 Å². The van der Waals surface area contributed by atoms with Crippen molar-refractivity contribution in [2.45, 2.75) is 18.9 Å². The largest absolute Gasteiger partial charge is 0.321 e. The number of rotatable bonds is 3. The lowest BCUT2D eigenvalue weighted by Crippen LogP contribution is -2.35. The molecule has 3 aromatic rings. The summed E-state index contributed by atoms with van der Waals surface area (Å²) in [7, 11) is 0. The van der Waals surface area contributed by atoms with Gasteiger partial charge in [-0.2, -0.15) is 0 Å². The van der Waals surface area contributed by atoms with Gasteiger partial charge in [-0.05, 0) is 53.4 Å². The van der Waals surface area contributed by atoms with Crippen LogP contribution in [-0.2, 0) is 12.0 Å². The second-order valence-corrected chi connectivity index (χ2v) is 6.71. The van der Waals surface area contributed by atoms with E-state index in [1.54, 1.807) is 11.3 Å². The molecule has 0 fully saturated rings. The Labute approximate surface area is 128 Å². The number of halogens is 1. The molecule has 3 rings (SSSR count). The van der Waals surface area contributed by atoms with Gasteiger partial charge < -0.3 is 5.73 Å². The Kier molecular flexibility index (Phi) is 3.55. The molecule has 3 heteroatoms. The molecule has 1 heterocycles. The molecule has 1 unspecified atom stereocenters. The molecule has 0 spiro atoms. The minimum Gasteiger partial charge on any atom is -0.321 e. The van der Waals surface area contributed by atoms with Gasteiger partial charge in [-0.3, -0.25) is 0 Å². The summed E-state index contributed by atoms with van der Waals surface area (Å²) in [6, 6.07) is 16.3. The van der Waals surface area contributed by atoms with Crippen LogP contribution in [0.1, 0.15) is 18.1 Å². The van der Waals surface area contributed by atoms with Crippen LogP contribution in [0, 0.1) is 0 Å². The van der Waals surface area contributed by atoms with Gasteiger partial charge in [0.2, 0.25) is 0 Å². The highest BCUT2D eigenvalue weighted by Gasteiger charge is 2.23. The molecule has 0 saturated carbocycles. The van der Waals surface area contributed by atoms with Crippen LogP contribution in [0.5, 0.6) is 0 Å². The summed E-state index contributed by atoms with van der Waals surface area (Å²) in [6.07, 6.45) is 0.803. The van der Waals surface area contributed by atoms with Gasteiger partial charge in [-0.15, -0.1) is 11.3 Å². The van der Waals surface area contributed by atoms with Crippen LogP contribution in [0.15, 0.2) is 53.9 Å². The monoisotopic (exact) mass is 301 g/mol. The minimum atomic E-state index is -0.422. The summed E-state index contributed by atoms with van der Waals surface area (Å²) in [4.78, 5) is 0. The fourth-order valence-corrected chi connectivity index (χ4v) is 3.66. The first kappa shape index (κ1) is 13.6. The Bertz CT molecular complexity index is 745. The van der Waals surface area contributed by atoms with E-state index in [0.29, 0.717) is 0 Å². The van der Waals surface area contributed by atoms with E-state index in [4.69, 9.17) is 17.3 Å². The molecule has 0 saturated heterocycles. The Morgan fingerprint density at radius 1 is 1.15 bits per heavy atom. The zero-order valence-electron chi connectivity index (χ0n) is 11.3.